The topological polar surface area (TPSA) is 96.3 Å². The Labute approximate surface area is 140 Å². The van der Waals surface area contributed by atoms with E-state index in [1.54, 1.807) is 13.0 Å². The van der Waals surface area contributed by atoms with Crippen molar-refractivity contribution in [1.82, 2.24) is 15.8 Å². The van der Waals surface area contributed by atoms with Gasteiger partial charge in [-0.1, -0.05) is 42.4 Å². The number of amides is 3. The molecule has 1 heterocycles. The summed E-state index contributed by atoms with van der Waals surface area (Å²) in [6.45, 7) is 4.25. The van der Waals surface area contributed by atoms with Gasteiger partial charge in [-0.15, -0.1) is 0 Å². The summed E-state index contributed by atoms with van der Waals surface area (Å²) < 4.78 is 4.93. The molecule has 2 rings (SSSR count). The standard InChI is InChI=1S/C17H22N4O3/c1-3-9-18-17(23)19-14(11-13-7-5-4-6-8-13)16(22)20-15-10-12(2)24-21-15/h4-8,10,14H,3,9,11H2,1-2H3,(H2,18,19,23)(H,20,21,22). The average Bonchev–Trinajstić information content (AvgIpc) is 2.98. The smallest absolute Gasteiger partial charge is 0.315 e. The van der Waals surface area contributed by atoms with Crippen molar-refractivity contribution in [2.45, 2.75) is 32.7 Å². The maximum atomic E-state index is 12.5. The number of anilines is 1. The van der Waals surface area contributed by atoms with Crippen LogP contribution in [0, 0.1) is 6.92 Å². The molecule has 7 heteroatoms. The Bertz CT molecular complexity index is 669. The third-order valence-corrected chi connectivity index (χ3v) is 3.32. The van der Waals surface area contributed by atoms with Crippen LogP contribution in [0.25, 0.3) is 0 Å². The first-order chi connectivity index (χ1) is 11.6. The number of hydrogen-bond acceptors (Lipinski definition) is 4. The summed E-state index contributed by atoms with van der Waals surface area (Å²) in [5.41, 5.74) is 0.949. The predicted molar refractivity (Wildman–Crippen MR) is 90.6 cm³/mol. The quantitative estimate of drug-likeness (QED) is 0.725. The molecule has 0 spiro atoms. The summed E-state index contributed by atoms with van der Waals surface area (Å²) in [6, 6.07) is 10.0. The second kappa shape index (κ2) is 8.71. The van der Waals surface area contributed by atoms with Crippen LogP contribution in [-0.4, -0.2) is 29.7 Å². The van der Waals surface area contributed by atoms with Gasteiger partial charge in [0.15, 0.2) is 5.82 Å². The molecule has 1 aromatic carbocycles. The molecular formula is C17H22N4O3. The highest BCUT2D eigenvalue weighted by Crippen LogP contribution is 2.09. The number of carbonyl (C=O) groups excluding carboxylic acids is 2. The maximum Gasteiger partial charge on any atom is 0.315 e. The molecule has 0 aliphatic carbocycles. The largest absolute Gasteiger partial charge is 0.360 e. The number of rotatable bonds is 7. The summed E-state index contributed by atoms with van der Waals surface area (Å²) in [6.07, 6.45) is 1.20. The molecule has 2 aromatic rings. The fourth-order valence-electron chi connectivity index (χ4n) is 2.15. The third-order valence-electron chi connectivity index (χ3n) is 3.32. The summed E-state index contributed by atoms with van der Waals surface area (Å²) in [7, 11) is 0. The van der Waals surface area contributed by atoms with Crippen LogP contribution in [-0.2, 0) is 11.2 Å². The molecule has 0 saturated heterocycles. The van der Waals surface area contributed by atoms with E-state index in [4.69, 9.17) is 4.52 Å². The van der Waals surface area contributed by atoms with Gasteiger partial charge in [-0.2, -0.15) is 0 Å². The van der Waals surface area contributed by atoms with E-state index in [-0.39, 0.29) is 11.9 Å². The lowest BCUT2D eigenvalue weighted by molar-refractivity contribution is -0.117. The van der Waals surface area contributed by atoms with Gasteiger partial charge in [0.05, 0.1) is 0 Å². The van der Waals surface area contributed by atoms with Gasteiger partial charge in [-0.3, -0.25) is 4.79 Å². The molecule has 3 N–H and O–H groups in total. The molecular weight excluding hydrogens is 308 g/mol. The highest BCUT2D eigenvalue weighted by molar-refractivity contribution is 5.96. The van der Waals surface area contributed by atoms with E-state index in [1.165, 1.54) is 0 Å². The lowest BCUT2D eigenvalue weighted by Gasteiger charge is -2.18. The second-order valence-electron chi connectivity index (χ2n) is 5.45. The lowest BCUT2D eigenvalue weighted by atomic mass is 10.1. The lowest BCUT2D eigenvalue weighted by Crippen LogP contribution is -2.49. The van der Waals surface area contributed by atoms with Gasteiger partial charge in [0.2, 0.25) is 5.91 Å². The molecule has 0 saturated carbocycles. The Balaban J connectivity index is 2.05. The zero-order valence-electron chi connectivity index (χ0n) is 13.8. The fraction of sp³-hybridized carbons (Fsp3) is 0.353. The number of aryl methyl sites for hydroxylation is 1. The fourth-order valence-corrected chi connectivity index (χ4v) is 2.15. The van der Waals surface area contributed by atoms with E-state index < -0.39 is 6.04 Å². The Morgan fingerprint density at radius 2 is 2.00 bits per heavy atom. The number of carbonyl (C=O) groups is 2. The van der Waals surface area contributed by atoms with Crippen LogP contribution >= 0.6 is 0 Å². The maximum absolute atomic E-state index is 12.5. The minimum atomic E-state index is -0.721. The molecule has 0 aliphatic heterocycles. The first-order valence-corrected chi connectivity index (χ1v) is 7.91. The van der Waals surface area contributed by atoms with Crippen molar-refractivity contribution in [2.24, 2.45) is 0 Å². The van der Waals surface area contributed by atoms with E-state index in [2.05, 4.69) is 21.1 Å². The molecule has 1 aromatic heterocycles. The van der Waals surface area contributed by atoms with Crippen molar-refractivity contribution in [2.75, 3.05) is 11.9 Å². The van der Waals surface area contributed by atoms with Gasteiger partial charge >= 0.3 is 6.03 Å². The summed E-state index contributed by atoms with van der Waals surface area (Å²) in [5.74, 6) is 0.573. The highest BCUT2D eigenvalue weighted by Gasteiger charge is 2.22. The van der Waals surface area contributed by atoms with E-state index in [1.807, 2.05) is 37.3 Å². The van der Waals surface area contributed by atoms with Crippen molar-refractivity contribution < 1.29 is 14.1 Å². The molecule has 0 aliphatic rings. The second-order valence-corrected chi connectivity index (χ2v) is 5.45. The van der Waals surface area contributed by atoms with E-state index in [0.717, 1.165) is 12.0 Å². The Hall–Kier alpha value is -2.83. The molecule has 1 unspecified atom stereocenters. The molecule has 128 valence electrons. The van der Waals surface area contributed by atoms with Gasteiger partial charge < -0.3 is 20.5 Å². The van der Waals surface area contributed by atoms with Crippen LogP contribution in [0.15, 0.2) is 40.9 Å². The molecule has 24 heavy (non-hydrogen) atoms. The van der Waals surface area contributed by atoms with Gasteiger partial charge in [0.1, 0.15) is 11.8 Å². The Morgan fingerprint density at radius 3 is 2.62 bits per heavy atom. The van der Waals surface area contributed by atoms with Gasteiger partial charge in [0.25, 0.3) is 0 Å². The van der Waals surface area contributed by atoms with Crippen molar-refractivity contribution in [3.63, 3.8) is 0 Å². The van der Waals surface area contributed by atoms with Crippen LogP contribution in [0.2, 0.25) is 0 Å². The Morgan fingerprint density at radius 1 is 1.25 bits per heavy atom. The molecule has 0 bridgehead atoms. The number of aromatic nitrogens is 1. The molecule has 3 amide bonds. The first kappa shape index (κ1) is 17.5. The van der Waals surface area contributed by atoms with Crippen LogP contribution < -0.4 is 16.0 Å². The SMILES string of the molecule is CCCNC(=O)NC(Cc1ccccc1)C(=O)Nc1cc(C)on1. The number of nitrogens with zero attached hydrogens (tertiary/aromatic N) is 1. The van der Waals surface area contributed by atoms with Crippen LogP contribution in [0.5, 0.6) is 0 Å². The van der Waals surface area contributed by atoms with E-state index >= 15 is 0 Å². The third kappa shape index (κ3) is 5.42. The van der Waals surface area contributed by atoms with Gasteiger partial charge in [-0.05, 0) is 18.9 Å². The Kier molecular flexibility index (Phi) is 6.36. The van der Waals surface area contributed by atoms with Crippen molar-refractivity contribution in [3.05, 3.63) is 47.7 Å². The zero-order chi connectivity index (χ0) is 17.4. The summed E-state index contributed by atoms with van der Waals surface area (Å²) >= 11 is 0. The van der Waals surface area contributed by atoms with Crippen LogP contribution in [0.3, 0.4) is 0 Å². The van der Waals surface area contributed by atoms with E-state index in [9.17, 15) is 9.59 Å². The van der Waals surface area contributed by atoms with Gasteiger partial charge in [-0.25, -0.2) is 4.79 Å². The molecule has 0 fully saturated rings. The zero-order valence-corrected chi connectivity index (χ0v) is 13.8. The van der Waals surface area contributed by atoms with Crippen molar-refractivity contribution >= 4 is 17.8 Å². The minimum absolute atomic E-state index is 0.325. The number of nitrogens with one attached hydrogen (secondary N) is 3. The average molecular weight is 330 g/mol. The summed E-state index contributed by atoms with van der Waals surface area (Å²) in [5, 5.41) is 11.8. The first-order valence-electron chi connectivity index (χ1n) is 7.91. The number of benzene rings is 1. The van der Waals surface area contributed by atoms with E-state index in [0.29, 0.717) is 24.5 Å². The number of urea groups is 1. The predicted octanol–water partition coefficient (Wildman–Crippen LogP) is 2.24. The molecule has 7 nitrogen and oxygen atoms in total. The molecule has 1 atom stereocenters. The normalized spacial score (nSPS) is 11.6. The van der Waals surface area contributed by atoms with Crippen molar-refractivity contribution in [1.29, 1.82) is 0 Å². The van der Waals surface area contributed by atoms with Crippen molar-refractivity contribution in [3.8, 4) is 0 Å². The highest BCUT2D eigenvalue weighted by atomic mass is 16.5. The summed E-state index contributed by atoms with van der Waals surface area (Å²) in [4.78, 5) is 24.4. The van der Waals surface area contributed by atoms with Crippen LogP contribution in [0.4, 0.5) is 10.6 Å². The minimum Gasteiger partial charge on any atom is -0.360 e. The van der Waals surface area contributed by atoms with Crippen LogP contribution in [0.1, 0.15) is 24.7 Å². The number of hydrogen-bond donors (Lipinski definition) is 3. The van der Waals surface area contributed by atoms with Gasteiger partial charge in [0, 0.05) is 19.0 Å². The monoisotopic (exact) mass is 330 g/mol. The molecule has 0 radical (unpaired) electrons.